The van der Waals surface area contributed by atoms with E-state index in [-0.39, 0.29) is 18.2 Å². The molecule has 1 atom stereocenters. The number of amides is 2. The molecule has 1 heterocycles. The van der Waals surface area contributed by atoms with Crippen LogP contribution in [0.25, 0.3) is 0 Å². The lowest BCUT2D eigenvalue weighted by molar-refractivity contribution is -0.140. The summed E-state index contributed by atoms with van der Waals surface area (Å²) < 4.78 is 5.29. The molecule has 0 fully saturated rings. The molecule has 0 saturated carbocycles. The predicted octanol–water partition coefficient (Wildman–Crippen LogP) is 4.59. The van der Waals surface area contributed by atoms with Crippen LogP contribution in [0.5, 0.6) is 5.75 Å². The number of methoxy groups -OCH3 is 1. The Hall–Kier alpha value is -4.45. The van der Waals surface area contributed by atoms with Gasteiger partial charge in [0, 0.05) is 31.9 Å². The molecule has 1 aromatic heterocycles. The van der Waals surface area contributed by atoms with Crippen LogP contribution >= 0.6 is 0 Å². The number of carbonyl (C=O) groups is 2. The normalized spacial score (nSPS) is 11.4. The molecule has 0 aliphatic carbocycles. The van der Waals surface area contributed by atoms with Gasteiger partial charge < -0.3 is 15.0 Å². The Labute approximate surface area is 217 Å². The highest BCUT2D eigenvalue weighted by molar-refractivity contribution is 5.88. The Morgan fingerprint density at radius 1 is 0.784 bits per heavy atom. The summed E-state index contributed by atoms with van der Waals surface area (Å²) in [6, 6.07) is 30.0. The number of nitrogens with zero attached hydrogens (tertiary/aromatic N) is 2. The van der Waals surface area contributed by atoms with Crippen LogP contribution in [-0.2, 0) is 35.5 Å². The molecule has 37 heavy (non-hydrogen) atoms. The van der Waals surface area contributed by atoms with Gasteiger partial charge in [0.1, 0.15) is 11.8 Å². The van der Waals surface area contributed by atoms with Crippen LogP contribution in [-0.4, -0.2) is 34.8 Å². The number of aromatic nitrogens is 1. The van der Waals surface area contributed by atoms with E-state index in [2.05, 4.69) is 10.3 Å². The fraction of sp³-hybridized carbons (Fsp3) is 0.194. The van der Waals surface area contributed by atoms with Crippen molar-refractivity contribution in [1.82, 2.24) is 15.2 Å². The van der Waals surface area contributed by atoms with Crippen molar-refractivity contribution in [3.63, 3.8) is 0 Å². The van der Waals surface area contributed by atoms with Crippen molar-refractivity contribution in [1.29, 1.82) is 0 Å². The highest BCUT2D eigenvalue weighted by atomic mass is 16.5. The van der Waals surface area contributed by atoms with Gasteiger partial charge in [0.15, 0.2) is 0 Å². The number of ether oxygens (including phenoxy) is 1. The molecule has 4 rings (SSSR count). The van der Waals surface area contributed by atoms with Crippen molar-refractivity contribution in [2.45, 2.75) is 32.0 Å². The number of pyridine rings is 1. The summed E-state index contributed by atoms with van der Waals surface area (Å²) in [6.07, 6.45) is 4.00. The van der Waals surface area contributed by atoms with Crippen molar-refractivity contribution in [3.8, 4) is 5.75 Å². The molecule has 0 aliphatic heterocycles. The number of carbonyl (C=O) groups excluding carboxylic acids is 2. The van der Waals surface area contributed by atoms with Crippen molar-refractivity contribution < 1.29 is 14.3 Å². The summed E-state index contributed by atoms with van der Waals surface area (Å²) in [5, 5.41) is 3.04. The molecular formula is C31H31N3O3. The second-order valence-electron chi connectivity index (χ2n) is 8.81. The predicted molar refractivity (Wildman–Crippen MR) is 144 cm³/mol. The van der Waals surface area contributed by atoms with Crippen LogP contribution in [0.15, 0.2) is 109 Å². The Morgan fingerprint density at radius 2 is 1.41 bits per heavy atom. The maximum Gasteiger partial charge on any atom is 0.243 e. The SMILES string of the molecule is COc1ccc(CN(C(=O)Cc2ccccc2)C(Cc2ccccc2)C(=O)NCc2ccncc2)cc1. The molecule has 4 aromatic rings. The van der Waals surface area contributed by atoms with Crippen molar-refractivity contribution in [3.05, 3.63) is 132 Å². The number of hydrogen-bond donors (Lipinski definition) is 1. The fourth-order valence-corrected chi connectivity index (χ4v) is 4.16. The molecule has 0 radical (unpaired) electrons. The van der Waals surface area contributed by atoms with Crippen molar-refractivity contribution in [2.75, 3.05) is 7.11 Å². The lowest BCUT2D eigenvalue weighted by atomic mass is 10.0. The van der Waals surface area contributed by atoms with E-state index in [1.807, 2.05) is 97.1 Å². The molecular weight excluding hydrogens is 462 g/mol. The quantitative estimate of drug-likeness (QED) is 0.332. The van der Waals surface area contributed by atoms with Crippen LogP contribution in [0.2, 0.25) is 0 Å². The monoisotopic (exact) mass is 493 g/mol. The molecule has 6 nitrogen and oxygen atoms in total. The van der Waals surface area contributed by atoms with E-state index in [1.54, 1.807) is 24.4 Å². The largest absolute Gasteiger partial charge is 0.497 e. The summed E-state index contributed by atoms with van der Waals surface area (Å²) >= 11 is 0. The molecule has 0 saturated heterocycles. The van der Waals surface area contributed by atoms with Gasteiger partial charge in [-0.15, -0.1) is 0 Å². The average Bonchev–Trinajstić information content (AvgIpc) is 2.95. The molecule has 0 aliphatic rings. The first-order chi connectivity index (χ1) is 18.1. The van der Waals surface area contributed by atoms with E-state index < -0.39 is 6.04 Å². The van der Waals surface area contributed by atoms with E-state index in [4.69, 9.17) is 4.74 Å². The molecule has 2 amide bonds. The van der Waals surface area contributed by atoms with E-state index in [0.29, 0.717) is 19.5 Å². The third-order valence-electron chi connectivity index (χ3n) is 6.20. The minimum atomic E-state index is -0.692. The third kappa shape index (κ3) is 7.51. The van der Waals surface area contributed by atoms with E-state index >= 15 is 0 Å². The van der Waals surface area contributed by atoms with Gasteiger partial charge in [-0.1, -0.05) is 72.8 Å². The Morgan fingerprint density at radius 3 is 2.03 bits per heavy atom. The molecule has 188 valence electrons. The van der Waals surface area contributed by atoms with Crippen molar-refractivity contribution >= 4 is 11.8 Å². The zero-order valence-electron chi connectivity index (χ0n) is 20.9. The van der Waals surface area contributed by atoms with Crippen LogP contribution in [0.1, 0.15) is 22.3 Å². The molecule has 1 unspecified atom stereocenters. The zero-order valence-corrected chi connectivity index (χ0v) is 20.9. The summed E-state index contributed by atoms with van der Waals surface area (Å²) in [4.78, 5) is 33.2. The van der Waals surface area contributed by atoms with E-state index in [9.17, 15) is 9.59 Å². The van der Waals surface area contributed by atoms with Crippen LogP contribution in [0.4, 0.5) is 0 Å². The van der Waals surface area contributed by atoms with Gasteiger partial charge in [-0.3, -0.25) is 14.6 Å². The second-order valence-corrected chi connectivity index (χ2v) is 8.81. The maximum atomic E-state index is 13.8. The fourth-order valence-electron chi connectivity index (χ4n) is 4.16. The average molecular weight is 494 g/mol. The van der Waals surface area contributed by atoms with E-state index in [0.717, 1.165) is 28.0 Å². The highest BCUT2D eigenvalue weighted by Gasteiger charge is 2.30. The number of hydrogen-bond acceptors (Lipinski definition) is 4. The van der Waals surface area contributed by atoms with Gasteiger partial charge in [-0.25, -0.2) is 0 Å². The summed E-state index contributed by atoms with van der Waals surface area (Å²) in [5.74, 6) is 0.430. The highest BCUT2D eigenvalue weighted by Crippen LogP contribution is 2.19. The van der Waals surface area contributed by atoms with Gasteiger partial charge in [-0.05, 0) is 46.5 Å². The first-order valence-electron chi connectivity index (χ1n) is 12.3. The Balaban J connectivity index is 1.64. The number of rotatable bonds is 11. The minimum Gasteiger partial charge on any atom is -0.497 e. The molecule has 1 N–H and O–H groups in total. The first kappa shape index (κ1) is 25.6. The molecule has 0 spiro atoms. The summed E-state index contributed by atoms with van der Waals surface area (Å²) in [6.45, 7) is 0.658. The first-order valence-corrected chi connectivity index (χ1v) is 12.3. The van der Waals surface area contributed by atoms with Gasteiger partial charge in [0.25, 0.3) is 0 Å². The minimum absolute atomic E-state index is 0.109. The van der Waals surface area contributed by atoms with Crippen LogP contribution in [0, 0.1) is 0 Å². The molecule has 3 aromatic carbocycles. The lowest BCUT2D eigenvalue weighted by Gasteiger charge is -2.32. The summed E-state index contributed by atoms with van der Waals surface area (Å²) in [7, 11) is 1.62. The van der Waals surface area contributed by atoms with Gasteiger partial charge in [0.05, 0.1) is 13.5 Å². The van der Waals surface area contributed by atoms with Gasteiger partial charge >= 0.3 is 0 Å². The molecule has 0 bridgehead atoms. The smallest absolute Gasteiger partial charge is 0.243 e. The third-order valence-corrected chi connectivity index (χ3v) is 6.20. The lowest BCUT2D eigenvalue weighted by Crippen LogP contribution is -2.50. The van der Waals surface area contributed by atoms with Gasteiger partial charge in [0.2, 0.25) is 11.8 Å². The standard InChI is InChI=1S/C31H31N3O3/c1-37-28-14-12-27(13-15-28)23-34(30(35)21-25-10-6-3-7-11-25)29(20-24-8-4-2-5-9-24)31(36)33-22-26-16-18-32-19-17-26/h2-19,29H,20-23H2,1H3,(H,33,36). The summed E-state index contributed by atoms with van der Waals surface area (Å²) in [5.41, 5.74) is 3.75. The van der Waals surface area contributed by atoms with Gasteiger partial charge in [-0.2, -0.15) is 0 Å². The van der Waals surface area contributed by atoms with E-state index in [1.165, 1.54) is 0 Å². The number of nitrogens with one attached hydrogen (secondary N) is 1. The number of benzene rings is 3. The zero-order chi connectivity index (χ0) is 25.9. The second kappa shape index (κ2) is 13.0. The Kier molecular flexibility index (Phi) is 9.02. The van der Waals surface area contributed by atoms with Crippen molar-refractivity contribution in [2.24, 2.45) is 0 Å². The maximum absolute atomic E-state index is 13.8. The topological polar surface area (TPSA) is 71.5 Å². The Bertz CT molecular complexity index is 1260. The van der Waals surface area contributed by atoms with Crippen LogP contribution < -0.4 is 10.1 Å². The molecule has 6 heteroatoms. The van der Waals surface area contributed by atoms with Crippen LogP contribution in [0.3, 0.4) is 0 Å².